The van der Waals surface area contributed by atoms with Crippen molar-refractivity contribution in [3.05, 3.63) is 58.3 Å². The monoisotopic (exact) mass is 738 g/mol. The summed E-state index contributed by atoms with van der Waals surface area (Å²) in [6, 6.07) is 10.3. The average Bonchev–Trinajstić information content (AvgIpc) is 3.75. The molecule has 0 aliphatic carbocycles. The number of hydrogen-bond donors (Lipinski definition) is 0. The van der Waals surface area contributed by atoms with Gasteiger partial charge in [0, 0.05) is 41.0 Å². The molecule has 0 unspecified atom stereocenters. The van der Waals surface area contributed by atoms with Crippen molar-refractivity contribution < 1.29 is 17.6 Å². The first-order valence-electron chi connectivity index (χ1n) is 12.1. The molecule has 0 aliphatic heterocycles. The molecule has 0 aliphatic rings. The second kappa shape index (κ2) is 8.93. The Morgan fingerprint density at radius 3 is 1.05 bits per heavy atom. The van der Waals surface area contributed by atoms with Crippen LogP contribution in [0.15, 0.2) is 36.4 Å². The highest BCUT2D eigenvalue weighted by molar-refractivity contribution is 7.46. The summed E-state index contributed by atoms with van der Waals surface area (Å²) in [6.45, 7) is 0. The fraction of sp³-hybridized carbons (Fsp3) is 0. The van der Waals surface area contributed by atoms with Gasteiger partial charge in [-0.25, -0.2) is 8.78 Å². The smallest absolute Gasteiger partial charge is 0.178 e. The van der Waals surface area contributed by atoms with E-state index in [1.165, 1.54) is 57.5 Å². The number of hydrogen-bond acceptors (Lipinski definition) is 10. The number of thiophene rings is 10. The first kappa shape index (κ1) is 25.6. The Morgan fingerprint density at radius 2 is 0.643 bits per heavy atom. The SMILES string of the molecule is Fc1cc2sc3c4sc(-c5cc(F)c(-c6sc(-c7cc8sc9c%10sc(F)cc%10sc9c8s7)cc6F)s5)cc4sc3c2s1. The maximum atomic E-state index is 15.3. The van der Waals surface area contributed by atoms with Crippen LogP contribution in [-0.4, -0.2) is 0 Å². The molecule has 0 amide bonds. The third-order valence-corrected chi connectivity index (χ3v) is 19.8. The van der Waals surface area contributed by atoms with Crippen molar-refractivity contribution in [3.8, 4) is 29.3 Å². The summed E-state index contributed by atoms with van der Waals surface area (Å²) in [5, 5.41) is -0.338. The molecule has 206 valence electrons. The van der Waals surface area contributed by atoms with E-state index in [2.05, 4.69) is 12.1 Å². The molecule has 0 radical (unpaired) electrons. The van der Waals surface area contributed by atoms with Crippen molar-refractivity contribution in [2.45, 2.75) is 0 Å². The van der Waals surface area contributed by atoms with Crippen LogP contribution in [0.3, 0.4) is 0 Å². The van der Waals surface area contributed by atoms with Gasteiger partial charge >= 0.3 is 0 Å². The highest BCUT2D eigenvalue weighted by Crippen LogP contribution is 2.54. The van der Waals surface area contributed by atoms with Crippen LogP contribution in [0.2, 0.25) is 0 Å². The molecule has 0 aromatic carbocycles. The summed E-state index contributed by atoms with van der Waals surface area (Å²) in [5.74, 6) is -0.841. The van der Waals surface area contributed by atoms with E-state index in [1.807, 2.05) is 0 Å². The minimum absolute atomic E-state index is 0.169. The Labute approximate surface area is 272 Å². The highest BCUT2D eigenvalue weighted by atomic mass is 32.1. The van der Waals surface area contributed by atoms with Crippen LogP contribution in [0, 0.1) is 21.9 Å². The third-order valence-electron chi connectivity index (χ3n) is 6.88. The van der Waals surface area contributed by atoms with Crippen LogP contribution in [-0.2, 0) is 0 Å². The summed E-state index contributed by atoms with van der Waals surface area (Å²) in [4.78, 5) is 4.08. The number of fused-ring (bicyclic) bond motifs is 10. The van der Waals surface area contributed by atoms with Crippen LogP contribution in [0.1, 0.15) is 0 Å². The van der Waals surface area contributed by atoms with Crippen molar-refractivity contribution in [2.24, 2.45) is 0 Å². The van der Waals surface area contributed by atoms with Crippen LogP contribution in [0.5, 0.6) is 0 Å². The van der Waals surface area contributed by atoms with Crippen molar-refractivity contribution in [2.75, 3.05) is 0 Å². The van der Waals surface area contributed by atoms with Gasteiger partial charge in [0.15, 0.2) is 10.3 Å². The second-order valence-corrected chi connectivity index (χ2v) is 19.8. The van der Waals surface area contributed by atoms with E-state index in [0.717, 1.165) is 75.9 Å². The summed E-state index contributed by atoms with van der Waals surface area (Å²) < 4.78 is 71.1. The molecule has 10 aromatic rings. The molecule has 42 heavy (non-hydrogen) atoms. The molecule has 0 bridgehead atoms. The van der Waals surface area contributed by atoms with E-state index >= 15 is 8.78 Å². The Bertz CT molecular complexity index is 2510. The zero-order valence-corrected chi connectivity index (χ0v) is 28.2. The van der Waals surface area contributed by atoms with E-state index in [-0.39, 0.29) is 10.3 Å². The maximum Gasteiger partial charge on any atom is 0.178 e. The minimum atomic E-state index is -0.420. The van der Waals surface area contributed by atoms with E-state index in [9.17, 15) is 8.78 Å². The Hall–Kier alpha value is -1.72. The lowest BCUT2D eigenvalue weighted by atomic mass is 10.3. The van der Waals surface area contributed by atoms with Crippen LogP contribution in [0.4, 0.5) is 17.6 Å². The standard InChI is InChI=1S/C28H6F4S10/c29-7-1-9(11-3-13-21(35-11)25-27(37-13)23-15(39-25)5-17(31)41-23)33-19(7)20-8(30)2-10(34-20)12-4-14-22(36-12)26-28(38-14)24-16(40-26)6-18(32)42-24/h1-6H. The van der Waals surface area contributed by atoms with Crippen LogP contribution < -0.4 is 0 Å². The second-order valence-electron chi connectivity index (χ2n) is 9.40. The van der Waals surface area contributed by atoms with Gasteiger partial charge in [-0.15, -0.1) is 113 Å². The van der Waals surface area contributed by atoms with Gasteiger partial charge in [0.05, 0.1) is 56.8 Å². The van der Waals surface area contributed by atoms with E-state index in [1.54, 1.807) is 80.2 Å². The summed E-state index contributed by atoms with van der Waals surface area (Å²) in [5.41, 5.74) is 0. The maximum absolute atomic E-state index is 15.3. The fourth-order valence-electron chi connectivity index (χ4n) is 5.13. The molecule has 0 atom stereocenters. The van der Waals surface area contributed by atoms with E-state index < -0.39 is 11.6 Å². The predicted molar refractivity (Wildman–Crippen MR) is 186 cm³/mol. The van der Waals surface area contributed by atoms with Gasteiger partial charge in [0.2, 0.25) is 0 Å². The Balaban J connectivity index is 1.03. The minimum Gasteiger partial charge on any atom is -0.205 e. The zero-order chi connectivity index (χ0) is 28.0. The lowest BCUT2D eigenvalue weighted by Crippen LogP contribution is -1.74. The van der Waals surface area contributed by atoms with Crippen molar-refractivity contribution in [1.82, 2.24) is 0 Å². The largest absolute Gasteiger partial charge is 0.205 e. The van der Waals surface area contributed by atoms with Gasteiger partial charge in [-0.3, -0.25) is 0 Å². The molecular formula is C28H6F4S10. The topological polar surface area (TPSA) is 0 Å². The van der Waals surface area contributed by atoms with E-state index in [0.29, 0.717) is 9.75 Å². The third kappa shape index (κ3) is 3.56. The number of rotatable bonds is 3. The highest BCUT2D eigenvalue weighted by Gasteiger charge is 2.24. The van der Waals surface area contributed by atoms with Gasteiger partial charge in [0.25, 0.3) is 0 Å². The molecule has 0 spiro atoms. The molecule has 10 aromatic heterocycles. The zero-order valence-electron chi connectivity index (χ0n) is 20.1. The van der Waals surface area contributed by atoms with Gasteiger partial charge in [-0.2, -0.15) is 8.78 Å². The lowest BCUT2D eigenvalue weighted by molar-refractivity contribution is 0.624. The Kier molecular flexibility index (Phi) is 5.44. The van der Waals surface area contributed by atoms with Crippen LogP contribution in [0.25, 0.3) is 85.7 Å². The molecule has 0 saturated heterocycles. The first-order valence-corrected chi connectivity index (χ1v) is 20.2. The molecule has 14 heteroatoms. The molecule has 0 nitrogen and oxygen atoms in total. The van der Waals surface area contributed by atoms with E-state index in [4.69, 9.17) is 0 Å². The Morgan fingerprint density at radius 1 is 0.310 bits per heavy atom. The molecule has 10 rings (SSSR count). The fourth-order valence-corrected chi connectivity index (χ4v) is 18.2. The lowest BCUT2D eigenvalue weighted by Gasteiger charge is -1.93. The van der Waals surface area contributed by atoms with Gasteiger partial charge in [-0.1, -0.05) is 0 Å². The van der Waals surface area contributed by atoms with Crippen molar-refractivity contribution in [3.63, 3.8) is 0 Å². The molecule has 0 N–H and O–H groups in total. The van der Waals surface area contributed by atoms with Crippen molar-refractivity contribution >= 4 is 170 Å². The first-order chi connectivity index (χ1) is 20.4. The summed E-state index contributed by atoms with van der Waals surface area (Å²) >= 11 is 14.6. The summed E-state index contributed by atoms with van der Waals surface area (Å²) in [6.07, 6.45) is 0. The van der Waals surface area contributed by atoms with Gasteiger partial charge in [0.1, 0.15) is 11.6 Å². The molecule has 0 saturated carbocycles. The molecular weight excluding hydrogens is 733 g/mol. The normalized spacial score (nSPS) is 12.8. The van der Waals surface area contributed by atoms with Crippen LogP contribution >= 0.6 is 113 Å². The molecule has 0 fully saturated rings. The predicted octanol–water partition coefficient (Wildman–Crippen LogP) is 14.8. The van der Waals surface area contributed by atoms with Gasteiger partial charge < -0.3 is 0 Å². The van der Waals surface area contributed by atoms with Gasteiger partial charge in [-0.05, 0) is 24.3 Å². The quantitative estimate of drug-likeness (QED) is 0.158. The number of halogens is 4. The summed E-state index contributed by atoms with van der Waals surface area (Å²) in [7, 11) is 0. The van der Waals surface area contributed by atoms with Crippen molar-refractivity contribution in [1.29, 1.82) is 0 Å². The molecule has 10 heterocycles. The average molecular weight is 739 g/mol.